The highest BCUT2D eigenvalue weighted by Crippen LogP contribution is 2.21. The van der Waals surface area contributed by atoms with Gasteiger partial charge in [-0.25, -0.2) is 0 Å². The van der Waals surface area contributed by atoms with Crippen molar-refractivity contribution in [1.29, 1.82) is 0 Å². The number of aliphatic carboxylic acids is 1. The fraction of sp³-hybridized carbons (Fsp3) is 0.667. The van der Waals surface area contributed by atoms with E-state index < -0.39 is 5.97 Å². The lowest BCUT2D eigenvalue weighted by atomic mass is 10.1. The molecular formula is C9H14BrNO2. The number of hydrogen-bond acceptors (Lipinski definition) is 2. The molecule has 1 aliphatic heterocycles. The molecule has 1 heterocycles. The molecule has 0 aromatic heterocycles. The number of carboxylic acids is 1. The van der Waals surface area contributed by atoms with Gasteiger partial charge in [0.2, 0.25) is 0 Å². The Morgan fingerprint density at radius 3 is 2.92 bits per heavy atom. The maximum absolute atomic E-state index is 10.5. The fourth-order valence-electron chi connectivity index (χ4n) is 1.76. The van der Waals surface area contributed by atoms with Crippen molar-refractivity contribution in [1.82, 2.24) is 4.90 Å². The number of hydrogen-bond donors (Lipinski definition) is 1. The number of rotatable bonds is 4. The van der Waals surface area contributed by atoms with Crippen LogP contribution >= 0.6 is 15.9 Å². The van der Waals surface area contributed by atoms with E-state index in [0.717, 1.165) is 30.4 Å². The smallest absolute Gasteiger partial charge is 0.304 e. The van der Waals surface area contributed by atoms with E-state index in [4.69, 9.17) is 5.11 Å². The quantitative estimate of drug-likeness (QED) is 0.825. The van der Waals surface area contributed by atoms with E-state index >= 15 is 0 Å². The first-order valence-electron chi connectivity index (χ1n) is 4.38. The van der Waals surface area contributed by atoms with Crippen molar-refractivity contribution in [3.63, 3.8) is 0 Å². The minimum absolute atomic E-state index is 0.201. The van der Waals surface area contributed by atoms with Crippen molar-refractivity contribution < 1.29 is 9.90 Å². The molecule has 1 saturated heterocycles. The molecule has 0 aromatic rings. The predicted octanol–water partition coefficient (Wildman–Crippen LogP) is 1.83. The van der Waals surface area contributed by atoms with Crippen LogP contribution in [0.25, 0.3) is 0 Å². The molecule has 1 fully saturated rings. The van der Waals surface area contributed by atoms with E-state index in [-0.39, 0.29) is 12.5 Å². The average Bonchev–Trinajstić information content (AvgIpc) is 2.34. The number of carboxylic acid groups (broad SMARTS) is 1. The van der Waals surface area contributed by atoms with Gasteiger partial charge in [0.1, 0.15) is 0 Å². The summed E-state index contributed by atoms with van der Waals surface area (Å²) in [5, 5.41) is 8.66. The molecule has 1 rings (SSSR count). The normalized spacial score (nSPS) is 23.3. The van der Waals surface area contributed by atoms with E-state index in [9.17, 15) is 4.79 Å². The van der Waals surface area contributed by atoms with Crippen LogP contribution in [0.1, 0.15) is 19.3 Å². The second-order valence-electron chi connectivity index (χ2n) is 3.38. The second-order valence-corrected chi connectivity index (χ2v) is 4.50. The molecule has 74 valence electrons. The molecule has 0 saturated carbocycles. The Bertz CT molecular complexity index is 196. The summed E-state index contributed by atoms with van der Waals surface area (Å²) in [7, 11) is 0. The molecule has 4 heteroatoms. The van der Waals surface area contributed by atoms with Crippen LogP contribution in [0.4, 0.5) is 0 Å². The van der Waals surface area contributed by atoms with Crippen molar-refractivity contribution in [2.24, 2.45) is 0 Å². The summed E-state index contributed by atoms with van der Waals surface area (Å²) < 4.78 is 0.921. The highest BCUT2D eigenvalue weighted by molar-refractivity contribution is 9.11. The van der Waals surface area contributed by atoms with Gasteiger partial charge in [0.15, 0.2) is 0 Å². The first-order chi connectivity index (χ1) is 6.09. The maximum Gasteiger partial charge on any atom is 0.304 e. The van der Waals surface area contributed by atoms with Gasteiger partial charge in [-0.1, -0.05) is 22.5 Å². The summed E-state index contributed by atoms with van der Waals surface area (Å²) in [6.45, 7) is 5.51. The zero-order valence-corrected chi connectivity index (χ0v) is 9.09. The van der Waals surface area contributed by atoms with Gasteiger partial charge in [0.05, 0.1) is 6.42 Å². The van der Waals surface area contributed by atoms with Gasteiger partial charge < -0.3 is 5.11 Å². The number of carbonyl (C=O) groups is 1. The highest BCUT2D eigenvalue weighted by Gasteiger charge is 2.26. The lowest BCUT2D eigenvalue weighted by molar-refractivity contribution is -0.138. The molecule has 3 nitrogen and oxygen atoms in total. The summed E-state index contributed by atoms with van der Waals surface area (Å²) in [5.41, 5.74) is 0. The molecule has 0 spiro atoms. The summed E-state index contributed by atoms with van der Waals surface area (Å²) >= 11 is 3.29. The molecule has 1 unspecified atom stereocenters. The third-order valence-corrected chi connectivity index (χ3v) is 2.53. The summed E-state index contributed by atoms with van der Waals surface area (Å²) in [4.78, 5) is 12.7. The van der Waals surface area contributed by atoms with E-state index in [1.54, 1.807) is 0 Å². The maximum atomic E-state index is 10.5. The van der Waals surface area contributed by atoms with E-state index in [2.05, 4.69) is 27.4 Å². The van der Waals surface area contributed by atoms with Crippen molar-refractivity contribution in [2.75, 3.05) is 13.1 Å². The Hall–Kier alpha value is -0.350. The summed E-state index contributed by atoms with van der Waals surface area (Å²) in [6.07, 6.45) is 2.34. The van der Waals surface area contributed by atoms with E-state index in [1.807, 2.05) is 0 Å². The van der Waals surface area contributed by atoms with Crippen LogP contribution < -0.4 is 0 Å². The second kappa shape index (κ2) is 4.77. The topological polar surface area (TPSA) is 40.5 Å². The van der Waals surface area contributed by atoms with Crippen molar-refractivity contribution in [2.45, 2.75) is 25.3 Å². The van der Waals surface area contributed by atoms with Crippen molar-refractivity contribution in [3.05, 3.63) is 11.1 Å². The molecule has 0 radical (unpaired) electrons. The molecule has 1 atom stereocenters. The number of nitrogens with zero attached hydrogens (tertiary/aromatic N) is 1. The molecule has 1 N–H and O–H groups in total. The van der Waals surface area contributed by atoms with Crippen molar-refractivity contribution >= 4 is 21.9 Å². The molecule has 1 aliphatic rings. The lowest BCUT2D eigenvalue weighted by Gasteiger charge is -2.22. The van der Waals surface area contributed by atoms with E-state index in [0.29, 0.717) is 0 Å². The largest absolute Gasteiger partial charge is 0.481 e. The minimum Gasteiger partial charge on any atom is -0.481 e. The highest BCUT2D eigenvalue weighted by atomic mass is 79.9. The SMILES string of the molecule is C=C(Br)CN1CCCC1CC(=O)O. The number of likely N-dealkylation sites (tertiary alicyclic amines) is 1. The van der Waals surface area contributed by atoms with Gasteiger partial charge in [0.25, 0.3) is 0 Å². The van der Waals surface area contributed by atoms with Crippen molar-refractivity contribution in [3.8, 4) is 0 Å². The zero-order valence-electron chi connectivity index (χ0n) is 7.50. The van der Waals surface area contributed by atoms with Gasteiger partial charge >= 0.3 is 5.97 Å². The third kappa shape index (κ3) is 3.48. The van der Waals surface area contributed by atoms with Gasteiger partial charge in [-0.3, -0.25) is 9.69 Å². The summed E-state index contributed by atoms with van der Waals surface area (Å²) in [5.74, 6) is -0.711. The molecule has 0 bridgehead atoms. The lowest BCUT2D eigenvalue weighted by Crippen LogP contribution is -2.32. The van der Waals surface area contributed by atoms with Crippen LogP contribution in [0, 0.1) is 0 Å². The van der Waals surface area contributed by atoms with Crippen LogP contribution in [-0.4, -0.2) is 35.1 Å². The van der Waals surface area contributed by atoms with Crippen LogP contribution in [0.3, 0.4) is 0 Å². The van der Waals surface area contributed by atoms with Crippen LogP contribution in [-0.2, 0) is 4.79 Å². The fourth-order valence-corrected chi connectivity index (χ4v) is 2.08. The predicted molar refractivity (Wildman–Crippen MR) is 54.9 cm³/mol. The third-order valence-electron chi connectivity index (χ3n) is 2.28. The van der Waals surface area contributed by atoms with Gasteiger partial charge in [-0.15, -0.1) is 0 Å². The van der Waals surface area contributed by atoms with Crippen LogP contribution in [0.15, 0.2) is 11.1 Å². The Kier molecular flexibility index (Phi) is 3.93. The van der Waals surface area contributed by atoms with Crippen LogP contribution in [0.5, 0.6) is 0 Å². The van der Waals surface area contributed by atoms with Gasteiger partial charge in [-0.05, 0) is 19.4 Å². The van der Waals surface area contributed by atoms with Gasteiger partial charge in [0, 0.05) is 17.1 Å². The molecule has 0 aromatic carbocycles. The van der Waals surface area contributed by atoms with E-state index in [1.165, 1.54) is 0 Å². The molecule has 0 amide bonds. The minimum atomic E-state index is -0.711. The first kappa shape index (κ1) is 10.7. The molecular weight excluding hydrogens is 234 g/mol. The van der Waals surface area contributed by atoms with Crippen LogP contribution in [0.2, 0.25) is 0 Å². The Balaban J connectivity index is 2.43. The number of halogens is 1. The standard InChI is InChI=1S/C9H14BrNO2/c1-7(10)6-11-4-2-3-8(11)5-9(12)13/h8H,1-6H2,(H,12,13). The van der Waals surface area contributed by atoms with Gasteiger partial charge in [-0.2, -0.15) is 0 Å². The first-order valence-corrected chi connectivity index (χ1v) is 5.18. The molecule has 13 heavy (non-hydrogen) atoms. The average molecular weight is 248 g/mol. The summed E-state index contributed by atoms with van der Waals surface area (Å²) in [6, 6.07) is 0.201. The Morgan fingerprint density at radius 2 is 2.38 bits per heavy atom. The monoisotopic (exact) mass is 247 g/mol. The Labute approximate surface area is 86.5 Å². The Morgan fingerprint density at radius 1 is 1.69 bits per heavy atom. The molecule has 0 aliphatic carbocycles. The zero-order chi connectivity index (χ0) is 9.84.